The zero-order chi connectivity index (χ0) is 13.8. The zero-order valence-corrected chi connectivity index (χ0v) is 10.7. The molecular weight excluding hydrogens is 250 g/mol. The van der Waals surface area contributed by atoms with E-state index in [2.05, 4.69) is 0 Å². The highest BCUT2D eigenvalue weighted by molar-refractivity contribution is 5.73. The van der Waals surface area contributed by atoms with E-state index in [0.29, 0.717) is 25.4 Å². The first kappa shape index (κ1) is 13.6. The second kappa shape index (κ2) is 5.90. The quantitative estimate of drug-likeness (QED) is 0.835. The third kappa shape index (κ3) is 3.15. The van der Waals surface area contributed by atoms with E-state index >= 15 is 0 Å². The SMILES string of the molecule is COc1ccc(CN2CCOCC2C(=O)O)cc1O. The number of phenolic OH excluding ortho intramolecular Hbond substituents is 1. The zero-order valence-electron chi connectivity index (χ0n) is 10.7. The van der Waals surface area contributed by atoms with Gasteiger partial charge in [0.2, 0.25) is 0 Å². The maximum Gasteiger partial charge on any atom is 0.323 e. The number of ether oxygens (including phenoxy) is 2. The summed E-state index contributed by atoms with van der Waals surface area (Å²) in [4.78, 5) is 13.0. The molecule has 1 saturated heterocycles. The molecule has 1 aromatic rings. The molecule has 1 unspecified atom stereocenters. The third-order valence-electron chi connectivity index (χ3n) is 3.15. The average Bonchev–Trinajstić information content (AvgIpc) is 2.39. The van der Waals surface area contributed by atoms with Crippen molar-refractivity contribution in [2.24, 2.45) is 0 Å². The molecule has 1 atom stereocenters. The average molecular weight is 267 g/mol. The Hall–Kier alpha value is -1.79. The first-order chi connectivity index (χ1) is 9.11. The largest absolute Gasteiger partial charge is 0.504 e. The lowest BCUT2D eigenvalue weighted by Gasteiger charge is -2.32. The molecule has 0 spiro atoms. The fraction of sp³-hybridized carbons (Fsp3) is 0.462. The number of carboxylic acids is 1. The number of aromatic hydroxyl groups is 1. The molecule has 0 radical (unpaired) electrons. The predicted octanol–water partition coefficient (Wildman–Crippen LogP) is 0.686. The summed E-state index contributed by atoms with van der Waals surface area (Å²) in [6.07, 6.45) is 0. The monoisotopic (exact) mass is 267 g/mol. The van der Waals surface area contributed by atoms with Crippen molar-refractivity contribution in [3.8, 4) is 11.5 Å². The molecular formula is C13H17NO5. The van der Waals surface area contributed by atoms with Crippen LogP contribution in [0.3, 0.4) is 0 Å². The van der Waals surface area contributed by atoms with Crippen molar-refractivity contribution >= 4 is 5.97 Å². The number of aliphatic carboxylic acids is 1. The number of carboxylic acid groups (broad SMARTS) is 1. The van der Waals surface area contributed by atoms with E-state index in [1.165, 1.54) is 7.11 Å². The van der Waals surface area contributed by atoms with Crippen molar-refractivity contribution < 1.29 is 24.5 Å². The molecule has 1 fully saturated rings. The fourth-order valence-electron chi connectivity index (χ4n) is 2.12. The van der Waals surface area contributed by atoms with Crippen molar-refractivity contribution in [1.82, 2.24) is 4.90 Å². The van der Waals surface area contributed by atoms with Gasteiger partial charge in [0.25, 0.3) is 0 Å². The standard InChI is InChI=1S/C13H17NO5/c1-18-12-3-2-9(6-11(12)15)7-14-4-5-19-8-10(14)13(16)17/h2-3,6,10,15H,4-5,7-8H2,1H3,(H,16,17). The molecule has 2 N–H and O–H groups in total. The molecule has 19 heavy (non-hydrogen) atoms. The van der Waals surface area contributed by atoms with Gasteiger partial charge >= 0.3 is 5.97 Å². The summed E-state index contributed by atoms with van der Waals surface area (Å²) >= 11 is 0. The Morgan fingerprint density at radius 2 is 2.37 bits per heavy atom. The van der Waals surface area contributed by atoms with Crippen LogP contribution in [0.2, 0.25) is 0 Å². The summed E-state index contributed by atoms with van der Waals surface area (Å²) < 4.78 is 10.2. The Balaban J connectivity index is 2.10. The fourth-order valence-corrected chi connectivity index (χ4v) is 2.12. The van der Waals surface area contributed by atoms with Crippen LogP contribution in [0.5, 0.6) is 11.5 Å². The number of phenols is 1. The predicted molar refractivity (Wildman–Crippen MR) is 67.3 cm³/mol. The maximum atomic E-state index is 11.1. The molecule has 6 heteroatoms. The molecule has 1 heterocycles. The van der Waals surface area contributed by atoms with E-state index in [-0.39, 0.29) is 12.4 Å². The van der Waals surface area contributed by atoms with Crippen LogP contribution in [-0.4, -0.2) is 54.0 Å². The highest BCUT2D eigenvalue weighted by atomic mass is 16.5. The van der Waals surface area contributed by atoms with Crippen LogP contribution in [0.4, 0.5) is 0 Å². The molecule has 0 saturated carbocycles. The molecule has 6 nitrogen and oxygen atoms in total. The van der Waals surface area contributed by atoms with Gasteiger partial charge < -0.3 is 19.7 Å². The van der Waals surface area contributed by atoms with E-state index < -0.39 is 12.0 Å². The summed E-state index contributed by atoms with van der Waals surface area (Å²) in [5, 5.41) is 18.8. The van der Waals surface area contributed by atoms with Crippen LogP contribution in [0, 0.1) is 0 Å². The van der Waals surface area contributed by atoms with Gasteiger partial charge in [-0.2, -0.15) is 0 Å². The molecule has 1 aliphatic rings. The van der Waals surface area contributed by atoms with E-state index in [0.717, 1.165) is 5.56 Å². The van der Waals surface area contributed by atoms with Gasteiger partial charge in [-0.3, -0.25) is 9.69 Å². The number of benzene rings is 1. The number of nitrogens with zero attached hydrogens (tertiary/aromatic N) is 1. The number of carbonyl (C=O) groups is 1. The van der Waals surface area contributed by atoms with Gasteiger partial charge in [0.05, 0.1) is 20.3 Å². The highest BCUT2D eigenvalue weighted by Crippen LogP contribution is 2.27. The van der Waals surface area contributed by atoms with Crippen LogP contribution >= 0.6 is 0 Å². The topological polar surface area (TPSA) is 79.2 Å². The van der Waals surface area contributed by atoms with Crippen LogP contribution in [0.25, 0.3) is 0 Å². The second-order valence-corrected chi connectivity index (χ2v) is 4.41. The van der Waals surface area contributed by atoms with Crippen LogP contribution < -0.4 is 4.74 Å². The number of morpholine rings is 1. The van der Waals surface area contributed by atoms with Gasteiger partial charge in [0, 0.05) is 13.1 Å². The second-order valence-electron chi connectivity index (χ2n) is 4.41. The van der Waals surface area contributed by atoms with E-state index in [1.54, 1.807) is 12.1 Å². The van der Waals surface area contributed by atoms with Crippen LogP contribution in [0.15, 0.2) is 18.2 Å². The van der Waals surface area contributed by atoms with Crippen molar-refractivity contribution in [2.45, 2.75) is 12.6 Å². The minimum Gasteiger partial charge on any atom is -0.504 e. The van der Waals surface area contributed by atoms with E-state index in [4.69, 9.17) is 14.6 Å². The van der Waals surface area contributed by atoms with Crippen molar-refractivity contribution in [2.75, 3.05) is 26.9 Å². The molecule has 1 aromatic carbocycles. The molecule has 104 valence electrons. The van der Waals surface area contributed by atoms with Gasteiger partial charge in [-0.25, -0.2) is 0 Å². The van der Waals surface area contributed by atoms with Gasteiger partial charge in [0.1, 0.15) is 6.04 Å². The molecule has 0 bridgehead atoms. The first-order valence-electron chi connectivity index (χ1n) is 6.02. The van der Waals surface area contributed by atoms with Crippen LogP contribution in [-0.2, 0) is 16.1 Å². The summed E-state index contributed by atoms with van der Waals surface area (Å²) in [5.74, 6) is -0.432. The first-order valence-corrected chi connectivity index (χ1v) is 6.02. The van der Waals surface area contributed by atoms with Gasteiger partial charge in [-0.1, -0.05) is 6.07 Å². The Labute approximate surface area is 111 Å². The minimum absolute atomic E-state index is 0.0557. The van der Waals surface area contributed by atoms with E-state index in [9.17, 15) is 9.90 Å². The summed E-state index contributed by atoms with van der Waals surface area (Å²) in [6, 6.07) is 4.43. The van der Waals surface area contributed by atoms with Crippen molar-refractivity contribution in [3.05, 3.63) is 23.8 Å². The lowest BCUT2D eigenvalue weighted by molar-refractivity contribution is -0.150. The van der Waals surface area contributed by atoms with Gasteiger partial charge in [-0.15, -0.1) is 0 Å². The molecule has 0 amide bonds. The van der Waals surface area contributed by atoms with Crippen LogP contribution in [0.1, 0.15) is 5.56 Å². The molecule has 0 aliphatic carbocycles. The lowest BCUT2D eigenvalue weighted by atomic mass is 10.1. The smallest absolute Gasteiger partial charge is 0.323 e. The normalized spacial score (nSPS) is 20.2. The number of hydrogen-bond acceptors (Lipinski definition) is 5. The Morgan fingerprint density at radius 3 is 3.00 bits per heavy atom. The Kier molecular flexibility index (Phi) is 4.24. The minimum atomic E-state index is -0.891. The summed E-state index contributed by atoms with van der Waals surface area (Å²) in [5.41, 5.74) is 0.839. The number of hydrogen-bond donors (Lipinski definition) is 2. The summed E-state index contributed by atoms with van der Waals surface area (Å²) in [7, 11) is 1.48. The molecule has 1 aliphatic heterocycles. The summed E-state index contributed by atoms with van der Waals surface area (Å²) in [6.45, 7) is 1.73. The lowest BCUT2D eigenvalue weighted by Crippen LogP contribution is -2.49. The van der Waals surface area contributed by atoms with E-state index in [1.807, 2.05) is 11.0 Å². The van der Waals surface area contributed by atoms with Gasteiger partial charge in [0.15, 0.2) is 11.5 Å². The highest BCUT2D eigenvalue weighted by Gasteiger charge is 2.29. The Bertz CT molecular complexity index is 462. The molecule has 0 aromatic heterocycles. The Morgan fingerprint density at radius 1 is 1.58 bits per heavy atom. The van der Waals surface area contributed by atoms with Crippen molar-refractivity contribution in [3.63, 3.8) is 0 Å². The number of rotatable bonds is 4. The molecule has 2 rings (SSSR count). The maximum absolute atomic E-state index is 11.1. The number of methoxy groups -OCH3 is 1. The third-order valence-corrected chi connectivity index (χ3v) is 3.15. The van der Waals surface area contributed by atoms with Gasteiger partial charge in [-0.05, 0) is 17.7 Å². The van der Waals surface area contributed by atoms with Crippen molar-refractivity contribution in [1.29, 1.82) is 0 Å².